The van der Waals surface area contributed by atoms with E-state index in [4.69, 9.17) is 92.9 Å². The van der Waals surface area contributed by atoms with Gasteiger partial charge < -0.3 is 102 Å². The highest BCUT2D eigenvalue weighted by atomic mass is 28.4. The van der Waals surface area contributed by atoms with Crippen LogP contribution >= 0.6 is 0 Å². The summed E-state index contributed by atoms with van der Waals surface area (Å²) in [6, 6.07) is 29.5. The van der Waals surface area contributed by atoms with Crippen LogP contribution in [0.2, 0.25) is 35.3 Å². The second kappa shape index (κ2) is 52.3. The van der Waals surface area contributed by atoms with E-state index < -0.39 is 69.5 Å². The molecule has 10 saturated heterocycles. The summed E-state index contributed by atoms with van der Waals surface area (Å²) in [5.74, 6) is -3.92. The van der Waals surface area contributed by atoms with Crippen LogP contribution < -0.4 is 4.74 Å². The SMILES string of the molecule is C=CC1COC(=O)N1Cc1ccccc1.C=CC1COC(C(F)(F)F)(C(F)(F)F)O1.C=CC1COC(OC)O1.C=CC1COC(OCC)O1.C=CC1COC(c2ccc(OC)cc2)O1.C=CC1COC(c2ccccc2)O1.C=CC1COC2(CCCCC2)O1.C=CC1CO[Si](C(C)(C)C)(C(C)(C)C)O1.C=CC1CO[Si](C)(C)O1.C=CC1CO[Si](CC)(CC)O1. The third kappa shape index (κ3) is 32.9. The lowest BCUT2D eigenvalue weighted by molar-refractivity contribution is -0.442. The van der Waals surface area contributed by atoms with Gasteiger partial charge in [-0.1, -0.05) is 195 Å². The minimum Gasteiger partial charge on any atom is -0.497 e. The van der Waals surface area contributed by atoms with E-state index in [-0.39, 0.29) is 89.4 Å². The fraction of sp³-hybridized carbons (Fsp3) is 0.571. The molecule has 3 aromatic rings. The zero-order valence-corrected chi connectivity index (χ0v) is 77.6. The maximum absolute atomic E-state index is 12.2. The highest BCUT2D eigenvalue weighted by molar-refractivity contribution is 6.74. The van der Waals surface area contributed by atoms with Crippen molar-refractivity contribution in [3.63, 3.8) is 0 Å². The first-order valence-corrected chi connectivity index (χ1v) is 48.5. The Kier molecular flexibility index (Phi) is 45.6. The van der Waals surface area contributed by atoms with E-state index >= 15 is 0 Å². The summed E-state index contributed by atoms with van der Waals surface area (Å²) < 4.78 is 189. The van der Waals surface area contributed by atoms with Crippen molar-refractivity contribution in [1.29, 1.82) is 0 Å². The summed E-state index contributed by atoms with van der Waals surface area (Å²) >= 11 is 0. The zero-order chi connectivity index (χ0) is 92.0. The summed E-state index contributed by atoms with van der Waals surface area (Å²) in [5.41, 5.74) is 3.16. The molecule has 0 radical (unpaired) electrons. The summed E-state index contributed by atoms with van der Waals surface area (Å²) in [6.07, 6.45) is 9.73. The van der Waals surface area contributed by atoms with Gasteiger partial charge in [0, 0.05) is 54.3 Å². The summed E-state index contributed by atoms with van der Waals surface area (Å²) in [5, 5.41) is 0.173. The number of halogens is 6. The molecule has 0 bridgehead atoms. The second-order valence-electron chi connectivity index (χ2n) is 31.8. The van der Waals surface area contributed by atoms with E-state index in [9.17, 15) is 31.1 Å². The maximum Gasteiger partial charge on any atom is 0.453 e. The Morgan fingerprint density at radius 2 is 0.911 bits per heavy atom. The highest BCUT2D eigenvalue weighted by Gasteiger charge is 2.77. The van der Waals surface area contributed by atoms with Gasteiger partial charge >= 0.3 is 49.9 Å². The number of rotatable bonds is 20. The minimum atomic E-state index is -5.68. The van der Waals surface area contributed by atoms with Gasteiger partial charge in [0.1, 0.15) is 49.0 Å². The Bertz CT molecular complexity index is 3600. The van der Waals surface area contributed by atoms with E-state index in [0.29, 0.717) is 66.0 Å². The molecule has 1 spiro atoms. The van der Waals surface area contributed by atoms with Crippen LogP contribution in [0.3, 0.4) is 0 Å². The second-order valence-corrected chi connectivity index (χ2v) is 43.7. The van der Waals surface area contributed by atoms with Gasteiger partial charge in [0.15, 0.2) is 18.4 Å². The van der Waals surface area contributed by atoms with Crippen molar-refractivity contribution in [2.45, 2.75) is 247 Å². The summed E-state index contributed by atoms with van der Waals surface area (Å²) in [7, 11) is -2.44. The van der Waals surface area contributed by atoms with Crippen LogP contribution in [0, 0.1) is 0 Å². The van der Waals surface area contributed by atoms with Crippen molar-refractivity contribution < 1.29 is 133 Å². The Hall–Kier alpha value is -6.44. The Morgan fingerprint density at radius 3 is 1.28 bits per heavy atom. The van der Waals surface area contributed by atoms with Gasteiger partial charge in [-0.15, -0.1) is 65.8 Å². The van der Waals surface area contributed by atoms with Crippen LogP contribution in [0.25, 0.3) is 0 Å². The number of alkyl halides is 6. The molecule has 14 atom stereocenters. The first-order valence-electron chi connectivity index (χ1n) is 41.7. The molecule has 1 aliphatic carbocycles. The Morgan fingerprint density at radius 1 is 0.468 bits per heavy atom. The molecule has 10 aliphatic heterocycles. The molecule has 0 N–H and O–H groups in total. The van der Waals surface area contributed by atoms with E-state index in [0.717, 1.165) is 60.1 Å². The van der Waals surface area contributed by atoms with Crippen LogP contribution in [-0.4, -0.2) is 221 Å². The van der Waals surface area contributed by atoms with Crippen molar-refractivity contribution in [1.82, 2.24) is 4.90 Å². The van der Waals surface area contributed by atoms with E-state index in [2.05, 4.69) is 131 Å². The fourth-order valence-electron chi connectivity index (χ4n) is 13.6. The number of hydrogen-bond donors (Lipinski definition) is 0. The minimum absolute atomic E-state index is 0.00212. The number of nitrogens with zero attached hydrogens (tertiary/aromatic N) is 1. The number of hydrogen-bond acceptors (Lipinski definition) is 23. The number of benzene rings is 3. The summed E-state index contributed by atoms with van der Waals surface area (Å²) in [4.78, 5) is 13.1. The van der Waals surface area contributed by atoms with Crippen LogP contribution in [0.1, 0.15) is 124 Å². The number of methoxy groups -OCH3 is 2. The molecule has 14 unspecified atom stereocenters. The van der Waals surface area contributed by atoms with Crippen molar-refractivity contribution in [2.24, 2.45) is 0 Å². The normalized spacial score (nSPS) is 28.1. The van der Waals surface area contributed by atoms with Crippen LogP contribution in [0.4, 0.5) is 31.1 Å². The smallest absolute Gasteiger partial charge is 0.453 e. The van der Waals surface area contributed by atoms with Crippen LogP contribution in [0.5, 0.6) is 5.75 Å². The van der Waals surface area contributed by atoms with Crippen molar-refractivity contribution >= 4 is 31.8 Å². The predicted molar refractivity (Wildman–Crippen MR) is 468 cm³/mol. The average molecular weight is 1810 g/mol. The quantitative estimate of drug-likeness (QED) is 0.0582. The molecule has 696 valence electrons. The number of ether oxygens (including phenoxy) is 16. The van der Waals surface area contributed by atoms with Crippen LogP contribution in [0.15, 0.2) is 211 Å². The van der Waals surface area contributed by atoms with Gasteiger partial charge in [0.25, 0.3) is 13.0 Å². The van der Waals surface area contributed by atoms with Gasteiger partial charge in [-0.3, -0.25) is 4.90 Å². The average Bonchev–Trinajstić information content (AvgIpc) is 1.58. The van der Waals surface area contributed by atoms with Gasteiger partial charge in [-0.2, -0.15) is 26.3 Å². The summed E-state index contributed by atoms with van der Waals surface area (Å²) in [6.45, 7) is 64.4. The molecule has 3 aromatic carbocycles. The van der Waals surface area contributed by atoms with Crippen LogP contribution in [-0.2, 0) is 104 Å². The molecular formula is C91H135F6NO23Si3. The maximum atomic E-state index is 12.2. The molecule has 0 aromatic heterocycles. The fourth-order valence-corrected chi connectivity index (χ4v) is 22.5. The van der Waals surface area contributed by atoms with Crippen molar-refractivity contribution in [2.75, 3.05) is 86.9 Å². The highest BCUT2D eigenvalue weighted by Crippen LogP contribution is 2.55. The number of amides is 1. The lowest BCUT2D eigenvalue weighted by Crippen LogP contribution is -2.58. The molecule has 14 rings (SSSR count). The number of carbonyl (C=O) groups excluding carboxylic acids is 1. The molecule has 124 heavy (non-hydrogen) atoms. The topological polar surface area (TPSA) is 223 Å². The molecule has 1 saturated carbocycles. The molecule has 11 fully saturated rings. The molecule has 24 nitrogen and oxygen atoms in total. The number of carbonyl (C=O) groups is 1. The molecular weight excluding hydrogens is 1670 g/mol. The number of cyclic esters (lactones) is 1. The molecule has 1 amide bonds. The predicted octanol–water partition coefficient (Wildman–Crippen LogP) is 19.8. The monoisotopic (exact) mass is 1810 g/mol. The molecule has 11 aliphatic rings. The standard InChI is InChI=1S/C12H13NO2.C12H14O3.C12H24O2Si.C11H12O2.C10H16O2.C8H16O2Si.C7H6F6O2.C7H12O3.C6H10O3.C6H12O2Si/c1-2-11-9-15-12(14)13(11)8-10-6-4-3-5-7-10;1-3-10-8-14-12(15-10)9-4-6-11(13-2)7-5-9;1-8-10-9-13-15(14-10,11(2,3)4)12(5,6)7;1-2-10-8-12-11(13-10)9-6-4-3-5-7-9;1-2-9-8-11-10(12-9)6-4-3-5-7-10;1-4-8-7-9-11(5-2,6-3)10-8;1-2-4-3-14-5(15-4,6(8,9)10)7(11,12)13;1-3-6-5-9-7(10-6)8-4-2;1-3-5-4-8-6(7-2)9-5;1-4-6-5-7-9(2,3)8-6/h2-7,11H,1,8-9H2;3-7,10,12H,1,8H2,2H3;8,10H,1,9H2,2-7H3;2-7,10-11H,1,8H2;2,9H,1,3-8H2;4,8H,1,5-7H2,2-3H3;2,4H,1,3H2;3,6-7H,1,4-5H2,2H3;3,5-6H,1,4H2,2H3;4,6H,1,5H2,2-3H3. The Balaban J connectivity index is 0.000000246. The van der Waals surface area contributed by atoms with Gasteiger partial charge in [0.2, 0.25) is 0 Å². The van der Waals surface area contributed by atoms with E-state index in [1.807, 2.05) is 123 Å². The largest absolute Gasteiger partial charge is 0.497 e. The molecule has 33 heteroatoms. The molecule has 10 heterocycles. The third-order valence-corrected chi connectivity index (χ3v) is 30.8. The van der Waals surface area contributed by atoms with Gasteiger partial charge in [0.05, 0.1) is 90.9 Å². The van der Waals surface area contributed by atoms with Gasteiger partial charge in [-0.05, 0) is 62.6 Å². The van der Waals surface area contributed by atoms with Crippen molar-refractivity contribution in [3.8, 4) is 5.75 Å². The zero-order valence-electron chi connectivity index (χ0n) is 74.6. The Labute approximate surface area is 734 Å². The van der Waals surface area contributed by atoms with E-state index in [1.165, 1.54) is 26.4 Å². The first kappa shape index (κ1) is 108. The van der Waals surface area contributed by atoms with Crippen molar-refractivity contribution in [3.05, 3.63) is 228 Å². The lowest BCUT2D eigenvalue weighted by atomic mass is 9.94. The van der Waals surface area contributed by atoms with E-state index in [1.54, 1.807) is 48.5 Å². The first-order chi connectivity index (χ1) is 58.8. The lowest BCUT2D eigenvalue weighted by Gasteiger charge is -2.45. The van der Waals surface area contributed by atoms with Gasteiger partial charge in [-0.25, -0.2) is 4.79 Å². The third-order valence-electron chi connectivity index (χ3n) is 20.3.